The van der Waals surface area contributed by atoms with Crippen LogP contribution in [0.2, 0.25) is 10.6 Å². The Morgan fingerprint density at radius 2 is 1.67 bits per heavy atom. The van der Waals surface area contributed by atoms with Crippen LogP contribution >= 0.6 is 23.2 Å². The van der Waals surface area contributed by atoms with Gasteiger partial charge in [-0.25, -0.2) is 0 Å². The Hall–Kier alpha value is -1.46. The van der Waals surface area contributed by atoms with Crippen LogP contribution in [0.25, 0.3) is 0 Å². The van der Waals surface area contributed by atoms with Gasteiger partial charge in [0.1, 0.15) is 0 Å². The molecule has 0 amide bonds. The second kappa shape index (κ2) is 5.93. The number of rotatable bonds is 4. The summed E-state index contributed by atoms with van der Waals surface area (Å²) < 4.78 is 0. The van der Waals surface area contributed by atoms with Crippen molar-refractivity contribution in [2.75, 3.05) is 18.5 Å². The second-order valence-corrected chi connectivity index (χ2v) is 4.38. The van der Waals surface area contributed by atoms with Gasteiger partial charge in [-0.3, -0.25) is 4.98 Å². The van der Waals surface area contributed by atoms with Crippen LogP contribution in [0.1, 0.15) is 5.56 Å². The Morgan fingerprint density at radius 3 is 2.28 bits per heavy atom. The predicted molar refractivity (Wildman–Crippen MR) is 71.1 cm³/mol. The summed E-state index contributed by atoms with van der Waals surface area (Å²) in [5.41, 5.74) is 1.20. The van der Waals surface area contributed by atoms with E-state index in [2.05, 4.69) is 19.9 Å². The molecule has 0 saturated heterocycles. The topological polar surface area (TPSA) is 54.8 Å². The van der Waals surface area contributed by atoms with E-state index in [1.165, 1.54) is 5.56 Å². The third-order valence-electron chi connectivity index (χ3n) is 2.40. The molecule has 2 aromatic rings. The molecule has 0 aromatic carbocycles. The third kappa shape index (κ3) is 3.51. The minimum Gasteiger partial charge on any atom is -0.343 e. The molecule has 2 rings (SSSR count). The molecule has 5 nitrogen and oxygen atoms in total. The molecule has 0 radical (unpaired) electrons. The molecule has 18 heavy (non-hydrogen) atoms. The molecule has 0 N–H and O–H groups in total. The summed E-state index contributed by atoms with van der Waals surface area (Å²) in [6, 6.07) is 3.95. The molecule has 2 heterocycles. The molecule has 0 aliphatic heterocycles. The van der Waals surface area contributed by atoms with Gasteiger partial charge >= 0.3 is 0 Å². The number of anilines is 1. The number of halogens is 2. The molecule has 0 fully saturated rings. The van der Waals surface area contributed by atoms with Gasteiger partial charge < -0.3 is 4.90 Å². The average molecular weight is 284 g/mol. The van der Waals surface area contributed by atoms with Crippen molar-refractivity contribution < 1.29 is 0 Å². The molecule has 0 saturated carbocycles. The maximum atomic E-state index is 5.73. The van der Waals surface area contributed by atoms with E-state index in [1.807, 2.05) is 24.1 Å². The summed E-state index contributed by atoms with van der Waals surface area (Å²) in [4.78, 5) is 17.6. The van der Waals surface area contributed by atoms with Crippen molar-refractivity contribution in [3.63, 3.8) is 0 Å². The zero-order valence-electron chi connectivity index (χ0n) is 9.72. The number of pyridine rings is 1. The smallest absolute Gasteiger partial charge is 0.230 e. The van der Waals surface area contributed by atoms with E-state index in [0.717, 1.165) is 13.0 Å². The lowest BCUT2D eigenvalue weighted by Gasteiger charge is -2.16. The van der Waals surface area contributed by atoms with E-state index in [9.17, 15) is 0 Å². The van der Waals surface area contributed by atoms with Crippen LogP contribution in [0.4, 0.5) is 5.95 Å². The number of likely N-dealkylation sites (N-methyl/N-ethyl adjacent to an activating group) is 1. The SMILES string of the molecule is CN(CCc1ccncc1)c1nc(Cl)nc(Cl)n1. The maximum Gasteiger partial charge on any atom is 0.230 e. The van der Waals surface area contributed by atoms with Gasteiger partial charge in [0.05, 0.1) is 0 Å². The summed E-state index contributed by atoms with van der Waals surface area (Å²) in [6.45, 7) is 0.751. The van der Waals surface area contributed by atoms with Crippen molar-refractivity contribution in [3.8, 4) is 0 Å². The van der Waals surface area contributed by atoms with Crippen LogP contribution < -0.4 is 4.90 Å². The van der Waals surface area contributed by atoms with Crippen LogP contribution in [-0.4, -0.2) is 33.5 Å². The zero-order chi connectivity index (χ0) is 13.0. The van der Waals surface area contributed by atoms with Gasteiger partial charge in [0.25, 0.3) is 0 Å². The molecule has 0 aliphatic rings. The molecule has 0 bridgehead atoms. The molecular formula is C11H11Cl2N5. The van der Waals surface area contributed by atoms with Crippen LogP contribution in [-0.2, 0) is 6.42 Å². The average Bonchev–Trinajstić information content (AvgIpc) is 2.36. The fourth-order valence-electron chi connectivity index (χ4n) is 1.43. The van der Waals surface area contributed by atoms with Crippen molar-refractivity contribution >= 4 is 29.2 Å². The van der Waals surface area contributed by atoms with Gasteiger partial charge in [0, 0.05) is 26.0 Å². The molecule has 2 aromatic heterocycles. The summed E-state index contributed by atoms with van der Waals surface area (Å²) >= 11 is 11.5. The zero-order valence-corrected chi connectivity index (χ0v) is 11.2. The van der Waals surface area contributed by atoms with Gasteiger partial charge in [-0.2, -0.15) is 15.0 Å². The maximum absolute atomic E-state index is 5.73. The summed E-state index contributed by atoms with van der Waals surface area (Å²) in [5, 5.41) is 0.196. The first kappa shape index (κ1) is 13.0. The number of hydrogen-bond donors (Lipinski definition) is 0. The van der Waals surface area contributed by atoms with Crippen molar-refractivity contribution in [2.24, 2.45) is 0 Å². The lowest BCUT2D eigenvalue weighted by atomic mass is 10.2. The van der Waals surface area contributed by atoms with Crippen LogP contribution in [0.5, 0.6) is 0 Å². The van der Waals surface area contributed by atoms with Gasteiger partial charge in [-0.1, -0.05) is 0 Å². The van der Waals surface area contributed by atoms with E-state index < -0.39 is 0 Å². The number of aromatic nitrogens is 4. The highest BCUT2D eigenvalue weighted by Crippen LogP contribution is 2.13. The van der Waals surface area contributed by atoms with E-state index in [-0.39, 0.29) is 10.6 Å². The monoisotopic (exact) mass is 283 g/mol. The minimum absolute atomic E-state index is 0.0979. The predicted octanol–water partition coefficient (Wildman–Crippen LogP) is 2.25. The Bertz CT molecular complexity index is 500. The molecule has 7 heteroatoms. The molecule has 0 spiro atoms. The van der Waals surface area contributed by atoms with Crippen LogP contribution in [0.15, 0.2) is 24.5 Å². The first-order valence-electron chi connectivity index (χ1n) is 5.32. The van der Waals surface area contributed by atoms with E-state index in [1.54, 1.807) is 12.4 Å². The lowest BCUT2D eigenvalue weighted by molar-refractivity contribution is 0.827. The first-order chi connectivity index (χ1) is 8.65. The summed E-state index contributed by atoms with van der Waals surface area (Å²) in [6.07, 6.45) is 4.40. The quantitative estimate of drug-likeness (QED) is 0.862. The van der Waals surface area contributed by atoms with Crippen molar-refractivity contribution in [1.29, 1.82) is 0 Å². The standard InChI is InChI=1S/C11H11Cl2N5/c1-18(7-4-8-2-5-14-6-3-8)11-16-9(12)15-10(13)17-11/h2-3,5-6H,4,7H2,1H3. The highest BCUT2D eigenvalue weighted by atomic mass is 35.5. The van der Waals surface area contributed by atoms with Gasteiger partial charge in [0.15, 0.2) is 0 Å². The van der Waals surface area contributed by atoms with Crippen LogP contribution in [0, 0.1) is 0 Å². The van der Waals surface area contributed by atoms with Gasteiger partial charge in [-0.15, -0.1) is 0 Å². The molecule has 0 atom stereocenters. The first-order valence-corrected chi connectivity index (χ1v) is 6.08. The Balaban J connectivity index is 2.01. The second-order valence-electron chi connectivity index (χ2n) is 3.70. The van der Waals surface area contributed by atoms with Crippen molar-refractivity contribution in [1.82, 2.24) is 19.9 Å². The number of nitrogens with zero attached hydrogens (tertiary/aromatic N) is 5. The fraction of sp³-hybridized carbons (Fsp3) is 0.273. The normalized spacial score (nSPS) is 10.4. The van der Waals surface area contributed by atoms with Gasteiger partial charge in [-0.05, 0) is 47.3 Å². The molecule has 0 aliphatic carbocycles. The van der Waals surface area contributed by atoms with Crippen molar-refractivity contribution in [3.05, 3.63) is 40.7 Å². The van der Waals surface area contributed by atoms with E-state index in [4.69, 9.17) is 23.2 Å². The molecule has 0 unspecified atom stereocenters. The van der Waals surface area contributed by atoms with Crippen LogP contribution in [0.3, 0.4) is 0 Å². The summed E-state index contributed by atoms with van der Waals surface area (Å²) in [7, 11) is 1.88. The summed E-state index contributed by atoms with van der Waals surface area (Å²) in [5.74, 6) is 0.467. The molecule has 94 valence electrons. The lowest BCUT2D eigenvalue weighted by Crippen LogP contribution is -2.23. The Kier molecular flexibility index (Phi) is 4.28. The van der Waals surface area contributed by atoms with E-state index in [0.29, 0.717) is 5.95 Å². The Morgan fingerprint density at radius 1 is 1.06 bits per heavy atom. The Labute approximate surface area is 115 Å². The van der Waals surface area contributed by atoms with Gasteiger partial charge in [0.2, 0.25) is 16.5 Å². The molecular weight excluding hydrogens is 273 g/mol. The minimum atomic E-state index is 0.0979. The van der Waals surface area contributed by atoms with Crippen molar-refractivity contribution in [2.45, 2.75) is 6.42 Å². The third-order valence-corrected chi connectivity index (χ3v) is 2.73. The van der Waals surface area contributed by atoms with E-state index >= 15 is 0 Å². The largest absolute Gasteiger partial charge is 0.343 e. The highest BCUT2D eigenvalue weighted by molar-refractivity contribution is 6.31. The number of hydrogen-bond acceptors (Lipinski definition) is 5. The highest BCUT2D eigenvalue weighted by Gasteiger charge is 2.08. The fourth-order valence-corrected chi connectivity index (χ4v) is 1.79.